The van der Waals surface area contributed by atoms with E-state index in [9.17, 15) is 8.42 Å². The first-order valence-corrected chi connectivity index (χ1v) is 14.0. The summed E-state index contributed by atoms with van der Waals surface area (Å²) in [5.41, 5.74) is 2.54. The topological polar surface area (TPSA) is 66.4 Å². The van der Waals surface area contributed by atoms with Crippen LogP contribution in [0.2, 0.25) is 0 Å². The van der Waals surface area contributed by atoms with Gasteiger partial charge >= 0.3 is 0 Å². The molecule has 3 aromatic rings. The zero-order valence-electron chi connectivity index (χ0n) is 19.8. The molecule has 1 atom stereocenters. The summed E-state index contributed by atoms with van der Waals surface area (Å²) in [5, 5.41) is 1.19. The standard InChI is InChI=1S/C25H32N4O2S2/c1-17-5-10-20-21(15-17)32-24-22(20)23(26-16-27-24)28-11-13-29(14-12-28)33(30,31)19-8-6-18(7-9-19)25(2,3)4/h6-9,16-17H,5,10-15H2,1-4H3. The quantitative estimate of drug-likeness (QED) is 0.543. The van der Waals surface area contributed by atoms with E-state index in [0.717, 1.165) is 29.1 Å². The van der Waals surface area contributed by atoms with Gasteiger partial charge in [-0.25, -0.2) is 18.4 Å². The normalized spacial score (nSPS) is 20.2. The van der Waals surface area contributed by atoms with Crippen LogP contribution in [-0.4, -0.2) is 48.9 Å². The van der Waals surface area contributed by atoms with Crippen molar-refractivity contribution in [2.24, 2.45) is 5.92 Å². The van der Waals surface area contributed by atoms with Crippen LogP contribution >= 0.6 is 11.3 Å². The molecule has 6 nitrogen and oxygen atoms in total. The first-order chi connectivity index (χ1) is 15.6. The lowest BCUT2D eigenvalue weighted by Gasteiger charge is -2.35. The van der Waals surface area contributed by atoms with Crippen LogP contribution < -0.4 is 4.90 Å². The van der Waals surface area contributed by atoms with Crippen LogP contribution in [0.3, 0.4) is 0 Å². The highest BCUT2D eigenvalue weighted by atomic mass is 32.2. The van der Waals surface area contributed by atoms with Gasteiger partial charge in [-0.2, -0.15) is 4.31 Å². The lowest BCUT2D eigenvalue weighted by atomic mass is 9.87. The summed E-state index contributed by atoms with van der Waals surface area (Å²) >= 11 is 1.80. The van der Waals surface area contributed by atoms with Gasteiger partial charge in [-0.3, -0.25) is 0 Å². The van der Waals surface area contributed by atoms with Crippen molar-refractivity contribution in [2.45, 2.75) is 57.3 Å². The van der Waals surface area contributed by atoms with Gasteiger partial charge in [0.2, 0.25) is 10.0 Å². The minimum absolute atomic E-state index is 0.00428. The largest absolute Gasteiger partial charge is 0.353 e. The lowest BCUT2D eigenvalue weighted by Crippen LogP contribution is -2.49. The van der Waals surface area contributed by atoms with Crippen molar-refractivity contribution in [3.05, 3.63) is 46.6 Å². The lowest BCUT2D eigenvalue weighted by molar-refractivity contribution is 0.384. The maximum atomic E-state index is 13.3. The van der Waals surface area contributed by atoms with Crippen molar-refractivity contribution in [2.75, 3.05) is 31.1 Å². The zero-order valence-corrected chi connectivity index (χ0v) is 21.5. The first kappa shape index (κ1) is 22.7. The molecule has 0 spiro atoms. The SMILES string of the molecule is CC1CCc2c(sc3ncnc(N4CCN(S(=O)(=O)c5ccc(C(C)(C)C)cc5)CC4)c23)C1. The second kappa shape index (κ2) is 8.32. The number of hydrogen-bond donors (Lipinski definition) is 0. The van der Waals surface area contributed by atoms with Crippen molar-refractivity contribution in [1.82, 2.24) is 14.3 Å². The number of nitrogens with zero attached hydrogens (tertiary/aromatic N) is 4. The molecule has 0 amide bonds. The fraction of sp³-hybridized carbons (Fsp3) is 0.520. The van der Waals surface area contributed by atoms with Crippen molar-refractivity contribution < 1.29 is 8.42 Å². The maximum absolute atomic E-state index is 13.3. The molecule has 33 heavy (non-hydrogen) atoms. The predicted octanol–water partition coefficient (Wildman–Crippen LogP) is 4.62. The van der Waals surface area contributed by atoms with E-state index in [0.29, 0.717) is 37.0 Å². The zero-order chi connectivity index (χ0) is 23.4. The summed E-state index contributed by atoms with van der Waals surface area (Å²) in [5.74, 6) is 1.69. The molecule has 0 bridgehead atoms. The average Bonchev–Trinajstić information content (AvgIpc) is 3.16. The molecule has 0 saturated carbocycles. The van der Waals surface area contributed by atoms with Crippen LogP contribution in [0.25, 0.3) is 10.2 Å². The van der Waals surface area contributed by atoms with E-state index < -0.39 is 10.0 Å². The van der Waals surface area contributed by atoms with Crippen LogP contribution in [0, 0.1) is 5.92 Å². The van der Waals surface area contributed by atoms with Crippen molar-refractivity contribution in [3.63, 3.8) is 0 Å². The highest BCUT2D eigenvalue weighted by Gasteiger charge is 2.31. The molecule has 1 aliphatic carbocycles. The van der Waals surface area contributed by atoms with Gasteiger partial charge in [-0.15, -0.1) is 11.3 Å². The molecule has 1 aliphatic heterocycles. The van der Waals surface area contributed by atoms with E-state index in [-0.39, 0.29) is 5.41 Å². The van der Waals surface area contributed by atoms with E-state index >= 15 is 0 Å². The summed E-state index contributed by atoms with van der Waals surface area (Å²) in [4.78, 5) is 14.3. The Hall–Kier alpha value is -2.03. The number of aryl methyl sites for hydroxylation is 1. The van der Waals surface area contributed by atoms with Gasteiger partial charge in [0.15, 0.2) is 0 Å². The van der Waals surface area contributed by atoms with E-state index in [2.05, 4.69) is 42.6 Å². The third kappa shape index (κ3) is 4.17. The molecule has 176 valence electrons. The van der Waals surface area contributed by atoms with Crippen LogP contribution in [0.4, 0.5) is 5.82 Å². The van der Waals surface area contributed by atoms with Gasteiger partial charge in [-0.1, -0.05) is 39.8 Å². The highest BCUT2D eigenvalue weighted by molar-refractivity contribution is 7.89. The fourth-order valence-corrected chi connectivity index (χ4v) is 7.68. The molecule has 5 rings (SSSR count). The van der Waals surface area contributed by atoms with Crippen molar-refractivity contribution >= 4 is 37.4 Å². The van der Waals surface area contributed by atoms with E-state index in [1.807, 2.05) is 12.1 Å². The number of aromatic nitrogens is 2. The molecule has 8 heteroatoms. The molecular weight excluding hydrogens is 452 g/mol. The molecule has 3 heterocycles. The van der Waals surface area contributed by atoms with Gasteiger partial charge in [0.25, 0.3) is 0 Å². The Labute approximate surface area is 200 Å². The summed E-state index contributed by atoms with van der Waals surface area (Å²) in [7, 11) is -3.51. The van der Waals surface area contributed by atoms with E-state index in [1.165, 1.54) is 22.2 Å². The number of thiophene rings is 1. The Balaban J connectivity index is 1.36. The third-order valence-electron chi connectivity index (χ3n) is 6.97. The highest BCUT2D eigenvalue weighted by Crippen LogP contribution is 2.40. The third-order valence-corrected chi connectivity index (χ3v) is 10.0. The Morgan fingerprint density at radius 3 is 2.39 bits per heavy atom. The van der Waals surface area contributed by atoms with Crippen LogP contribution in [-0.2, 0) is 28.3 Å². The molecule has 1 saturated heterocycles. The number of sulfonamides is 1. The van der Waals surface area contributed by atoms with Crippen molar-refractivity contribution in [1.29, 1.82) is 0 Å². The molecule has 0 N–H and O–H groups in total. The van der Waals surface area contributed by atoms with Gasteiger partial charge in [0.1, 0.15) is 17.0 Å². The van der Waals surface area contributed by atoms with Gasteiger partial charge in [0, 0.05) is 31.1 Å². The molecule has 1 fully saturated rings. The van der Waals surface area contributed by atoms with Crippen LogP contribution in [0.15, 0.2) is 35.5 Å². The maximum Gasteiger partial charge on any atom is 0.243 e. The molecular formula is C25H32N4O2S2. The molecule has 1 unspecified atom stereocenters. The van der Waals surface area contributed by atoms with Crippen LogP contribution in [0.5, 0.6) is 0 Å². The summed E-state index contributed by atoms with van der Waals surface area (Å²) in [6.07, 6.45) is 5.06. The number of anilines is 1. The van der Waals surface area contributed by atoms with Gasteiger partial charge in [0.05, 0.1) is 10.3 Å². The molecule has 0 radical (unpaired) electrons. The van der Waals surface area contributed by atoms with E-state index in [1.54, 1.807) is 34.1 Å². The Bertz CT molecular complexity index is 1270. The number of rotatable bonds is 3. The monoisotopic (exact) mass is 484 g/mol. The smallest absolute Gasteiger partial charge is 0.243 e. The first-order valence-electron chi connectivity index (χ1n) is 11.8. The summed E-state index contributed by atoms with van der Waals surface area (Å²) in [6.45, 7) is 10.9. The summed E-state index contributed by atoms with van der Waals surface area (Å²) < 4.78 is 28.1. The number of benzene rings is 1. The Morgan fingerprint density at radius 2 is 1.73 bits per heavy atom. The number of piperazine rings is 1. The number of hydrogen-bond acceptors (Lipinski definition) is 6. The minimum Gasteiger partial charge on any atom is -0.353 e. The second-order valence-electron chi connectivity index (χ2n) is 10.4. The Morgan fingerprint density at radius 1 is 1.03 bits per heavy atom. The van der Waals surface area contributed by atoms with Crippen LogP contribution in [0.1, 0.15) is 50.1 Å². The Kier molecular flexibility index (Phi) is 5.74. The molecule has 1 aromatic carbocycles. The minimum atomic E-state index is -3.51. The van der Waals surface area contributed by atoms with Gasteiger partial charge in [-0.05, 0) is 53.9 Å². The fourth-order valence-electron chi connectivity index (χ4n) is 4.91. The predicted molar refractivity (Wildman–Crippen MR) is 135 cm³/mol. The number of fused-ring (bicyclic) bond motifs is 3. The second-order valence-corrected chi connectivity index (χ2v) is 13.4. The molecule has 2 aromatic heterocycles. The van der Waals surface area contributed by atoms with Crippen molar-refractivity contribution in [3.8, 4) is 0 Å². The van der Waals surface area contributed by atoms with E-state index in [4.69, 9.17) is 0 Å². The average molecular weight is 485 g/mol. The molecule has 2 aliphatic rings. The summed E-state index contributed by atoms with van der Waals surface area (Å²) in [6, 6.07) is 7.35. The van der Waals surface area contributed by atoms with Gasteiger partial charge < -0.3 is 4.90 Å².